The number of nitrogens with zero attached hydrogens (tertiary/aromatic N) is 1. The number of carbonyl (C=O) groups excluding carboxylic acids is 1. The van der Waals surface area contributed by atoms with Crippen molar-refractivity contribution < 1.29 is 9.00 Å². The molecule has 1 saturated heterocycles. The summed E-state index contributed by atoms with van der Waals surface area (Å²) in [6.45, 7) is 1.53. The van der Waals surface area contributed by atoms with Gasteiger partial charge in [-0.15, -0.1) is 0 Å². The summed E-state index contributed by atoms with van der Waals surface area (Å²) >= 11 is 0. The first-order chi connectivity index (χ1) is 9.72. The van der Waals surface area contributed by atoms with Crippen LogP contribution < -0.4 is 5.32 Å². The maximum Gasteiger partial charge on any atom is 0.317 e. The van der Waals surface area contributed by atoms with E-state index in [1.807, 2.05) is 4.90 Å². The standard InChI is InChI=1S/C15H20N2O2S/c18-15(16-14-7-10-20(19)11-14)17-8-5-12-3-1-2-4-13(12)6-9-17/h1-4,14H,5-11H2,(H,16,18)/t14-,20+/m1/s1. The number of fused-ring (bicyclic) bond motifs is 1. The molecular weight excluding hydrogens is 272 g/mol. The summed E-state index contributed by atoms with van der Waals surface area (Å²) in [5.41, 5.74) is 2.70. The van der Waals surface area contributed by atoms with Crippen LogP contribution >= 0.6 is 0 Å². The quantitative estimate of drug-likeness (QED) is 0.848. The monoisotopic (exact) mass is 292 g/mol. The third-order valence-corrected chi connectivity index (χ3v) is 5.58. The summed E-state index contributed by atoms with van der Waals surface area (Å²) in [5.74, 6) is 1.33. The van der Waals surface area contributed by atoms with E-state index in [2.05, 4.69) is 29.6 Å². The van der Waals surface area contributed by atoms with Gasteiger partial charge in [0.2, 0.25) is 0 Å². The van der Waals surface area contributed by atoms with Gasteiger partial charge >= 0.3 is 6.03 Å². The Bertz CT molecular complexity index is 505. The number of nitrogens with one attached hydrogen (secondary N) is 1. The first kappa shape index (κ1) is 13.6. The number of hydrogen-bond donors (Lipinski definition) is 1. The first-order valence-electron chi connectivity index (χ1n) is 7.19. The van der Waals surface area contributed by atoms with Gasteiger partial charge in [-0.25, -0.2) is 4.79 Å². The van der Waals surface area contributed by atoms with Crippen molar-refractivity contribution in [1.82, 2.24) is 10.2 Å². The van der Waals surface area contributed by atoms with Crippen LogP contribution in [-0.4, -0.2) is 45.8 Å². The highest BCUT2D eigenvalue weighted by molar-refractivity contribution is 7.85. The van der Waals surface area contributed by atoms with E-state index >= 15 is 0 Å². The normalized spacial score (nSPS) is 25.9. The lowest BCUT2D eigenvalue weighted by Crippen LogP contribution is -2.46. The highest BCUT2D eigenvalue weighted by atomic mass is 32.2. The molecule has 108 valence electrons. The van der Waals surface area contributed by atoms with Gasteiger partial charge in [-0.3, -0.25) is 4.21 Å². The molecule has 0 radical (unpaired) electrons. The smallest absolute Gasteiger partial charge is 0.317 e. The van der Waals surface area contributed by atoms with Gasteiger partial charge in [0, 0.05) is 41.4 Å². The van der Waals surface area contributed by atoms with Gasteiger partial charge in [0.05, 0.1) is 0 Å². The van der Waals surface area contributed by atoms with Crippen LogP contribution in [0.2, 0.25) is 0 Å². The Hall–Kier alpha value is -1.36. The number of rotatable bonds is 1. The van der Waals surface area contributed by atoms with Crippen LogP contribution in [0.25, 0.3) is 0 Å². The molecule has 0 aromatic heterocycles. The number of hydrogen-bond acceptors (Lipinski definition) is 2. The van der Waals surface area contributed by atoms with Crippen LogP contribution in [0, 0.1) is 0 Å². The third-order valence-electron chi connectivity index (χ3n) is 4.12. The van der Waals surface area contributed by atoms with Gasteiger partial charge in [0.25, 0.3) is 0 Å². The zero-order valence-electron chi connectivity index (χ0n) is 11.5. The van der Waals surface area contributed by atoms with Crippen LogP contribution in [0.1, 0.15) is 17.5 Å². The molecule has 1 N–H and O–H groups in total. The van der Waals surface area contributed by atoms with E-state index in [9.17, 15) is 9.00 Å². The summed E-state index contributed by atoms with van der Waals surface area (Å²) < 4.78 is 11.4. The minimum absolute atomic E-state index is 0.00158. The van der Waals surface area contributed by atoms with Crippen LogP contribution in [0.3, 0.4) is 0 Å². The van der Waals surface area contributed by atoms with E-state index in [-0.39, 0.29) is 12.1 Å². The van der Waals surface area contributed by atoms with Gasteiger partial charge in [-0.05, 0) is 30.4 Å². The number of urea groups is 1. The molecule has 0 aliphatic carbocycles. The van der Waals surface area contributed by atoms with Crippen molar-refractivity contribution in [3.8, 4) is 0 Å². The molecule has 1 aromatic carbocycles. The van der Waals surface area contributed by atoms with E-state index in [1.54, 1.807) is 0 Å². The van der Waals surface area contributed by atoms with E-state index in [1.165, 1.54) is 11.1 Å². The molecule has 0 unspecified atom stereocenters. The van der Waals surface area contributed by atoms with Gasteiger partial charge in [-0.1, -0.05) is 24.3 Å². The average Bonchev–Trinajstić information content (AvgIpc) is 2.74. The van der Waals surface area contributed by atoms with Crippen LogP contribution in [0.15, 0.2) is 24.3 Å². The Kier molecular flexibility index (Phi) is 4.05. The summed E-state index contributed by atoms with van der Waals surface area (Å²) in [4.78, 5) is 14.2. The molecule has 2 aliphatic rings. The Morgan fingerprint density at radius 1 is 1.20 bits per heavy atom. The summed E-state index contributed by atoms with van der Waals surface area (Å²) in [6, 6.07) is 8.51. The molecule has 1 aromatic rings. The fourth-order valence-electron chi connectivity index (χ4n) is 2.92. The maximum absolute atomic E-state index is 12.3. The second-order valence-electron chi connectivity index (χ2n) is 5.50. The predicted molar refractivity (Wildman–Crippen MR) is 80.2 cm³/mol. The maximum atomic E-state index is 12.3. The molecule has 2 atom stereocenters. The van der Waals surface area contributed by atoms with Crippen molar-refractivity contribution in [2.45, 2.75) is 25.3 Å². The molecule has 2 heterocycles. The average molecular weight is 292 g/mol. The first-order valence-corrected chi connectivity index (χ1v) is 8.68. The van der Waals surface area contributed by atoms with E-state index < -0.39 is 10.8 Å². The topological polar surface area (TPSA) is 49.4 Å². The molecule has 5 heteroatoms. The largest absolute Gasteiger partial charge is 0.334 e. The van der Waals surface area contributed by atoms with Crippen molar-refractivity contribution in [1.29, 1.82) is 0 Å². The summed E-state index contributed by atoms with van der Waals surface area (Å²) in [5, 5.41) is 3.03. The molecule has 4 nitrogen and oxygen atoms in total. The lowest BCUT2D eigenvalue weighted by molar-refractivity contribution is 0.197. The van der Waals surface area contributed by atoms with Crippen molar-refractivity contribution in [3.05, 3.63) is 35.4 Å². The fraction of sp³-hybridized carbons (Fsp3) is 0.533. The zero-order chi connectivity index (χ0) is 13.9. The van der Waals surface area contributed by atoms with Gasteiger partial charge in [-0.2, -0.15) is 0 Å². The summed E-state index contributed by atoms with van der Waals surface area (Å²) in [6.07, 6.45) is 2.67. The lowest BCUT2D eigenvalue weighted by atomic mass is 10.0. The van der Waals surface area contributed by atoms with Crippen LogP contribution in [0.4, 0.5) is 4.79 Å². The molecule has 0 spiro atoms. The Morgan fingerprint density at radius 2 is 1.85 bits per heavy atom. The van der Waals surface area contributed by atoms with Gasteiger partial charge in [0.1, 0.15) is 0 Å². The molecule has 3 rings (SSSR count). The highest BCUT2D eigenvalue weighted by Crippen LogP contribution is 2.16. The number of carbonyl (C=O) groups is 1. The van der Waals surface area contributed by atoms with Crippen molar-refractivity contribution in [2.24, 2.45) is 0 Å². The Morgan fingerprint density at radius 3 is 2.40 bits per heavy atom. The molecular formula is C15H20N2O2S. The number of benzene rings is 1. The molecule has 1 fully saturated rings. The van der Waals surface area contributed by atoms with Crippen molar-refractivity contribution in [3.63, 3.8) is 0 Å². The highest BCUT2D eigenvalue weighted by Gasteiger charge is 2.25. The predicted octanol–water partition coefficient (Wildman–Crippen LogP) is 1.32. The van der Waals surface area contributed by atoms with Crippen molar-refractivity contribution >= 4 is 16.8 Å². The van der Waals surface area contributed by atoms with Crippen LogP contribution in [-0.2, 0) is 23.6 Å². The number of amides is 2. The molecule has 2 amide bonds. The SMILES string of the molecule is O=C(N[C@@H]1CC[S@](=O)C1)N1CCc2ccccc2CC1. The molecule has 2 aliphatic heterocycles. The van der Waals surface area contributed by atoms with Gasteiger partial charge in [0.15, 0.2) is 0 Å². The molecule has 20 heavy (non-hydrogen) atoms. The molecule has 0 saturated carbocycles. The zero-order valence-corrected chi connectivity index (χ0v) is 12.3. The van der Waals surface area contributed by atoms with Crippen molar-refractivity contribution in [2.75, 3.05) is 24.6 Å². The second-order valence-corrected chi connectivity index (χ2v) is 7.12. The third kappa shape index (κ3) is 3.03. The minimum atomic E-state index is -0.743. The van der Waals surface area contributed by atoms with Crippen LogP contribution in [0.5, 0.6) is 0 Å². The second kappa shape index (κ2) is 5.95. The van der Waals surface area contributed by atoms with E-state index in [0.29, 0.717) is 5.75 Å². The minimum Gasteiger partial charge on any atom is -0.334 e. The summed E-state index contributed by atoms with van der Waals surface area (Å²) in [7, 11) is -0.743. The lowest BCUT2D eigenvalue weighted by Gasteiger charge is -2.23. The van der Waals surface area contributed by atoms with Gasteiger partial charge < -0.3 is 10.2 Å². The Balaban J connectivity index is 1.59. The Labute approximate surface area is 122 Å². The fourth-order valence-corrected chi connectivity index (χ4v) is 4.33. The molecule has 0 bridgehead atoms. The van der Waals surface area contributed by atoms with E-state index in [0.717, 1.165) is 38.1 Å². The van der Waals surface area contributed by atoms with E-state index in [4.69, 9.17) is 0 Å².